The van der Waals surface area contributed by atoms with Crippen molar-refractivity contribution in [3.8, 4) is 0 Å². The van der Waals surface area contributed by atoms with Crippen LogP contribution in [-0.2, 0) is 9.53 Å². The summed E-state index contributed by atoms with van der Waals surface area (Å²) in [5.41, 5.74) is 6.15. The van der Waals surface area contributed by atoms with Crippen LogP contribution in [-0.4, -0.2) is 31.2 Å². The maximum Gasteiger partial charge on any atom is 0.221 e. The predicted octanol–water partition coefficient (Wildman–Crippen LogP) is 1.19. The van der Waals surface area contributed by atoms with Crippen molar-refractivity contribution in [1.82, 2.24) is 5.32 Å². The number of nitrogens with two attached hydrogens (primary N) is 1. The van der Waals surface area contributed by atoms with Gasteiger partial charge in [0.2, 0.25) is 5.91 Å². The van der Waals surface area contributed by atoms with E-state index in [0.29, 0.717) is 13.0 Å². The second-order valence-corrected chi connectivity index (χ2v) is 6.18. The van der Waals surface area contributed by atoms with Gasteiger partial charge < -0.3 is 15.8 Å². The third-order valence-corrected chi connectivity index (χ3v) is 3.98. The van der Waals surface area contributed by atoms with E-state index in [4.69, 9.17) is 10.5 Å². The number of hydrogen-bond donors (Lipinski definition) is 2. The molecule has 1 saturated carbocycles. The normalized spacial score (nSPS) is 26.0. The highest BCUT2D eigenvalue weighted by Crippen LogP contribution is 2.29. The molecular weight excluding hydrogens is 216 g/mol. The highest BCUT2D eigenvalue weighted by molar-refractivity contribution is 5.77. The topological polar surface area (TPSA) is 64.4 Å². The van der Waals surface area contributed by atoms with Gasteiger partial charge in [-0.15, -0.1) is 0 Å². The zero-order chi connectivity index (χ0) is 12.4. The Balaban J connectivity index is 1.72. The molecule has 0 aromatic rings. The van der Waals surface area contributed by atoms with Gasteiger partial charge in [-0.3, -0.25) is 4.79 Å². The third-order valence-electron chi connectivity index (χ3n) is 3.98. The summed E-state index contributed by atoms with van der Waals surface area (Å²) in [6.45, 7) is 4.35. The number of rotatable bonds is 4. The van der Waals surface area contributed by atoms with Crippen molar-refractivity contribution >= 4 is 5.91 Å². The molecule has 2 fully saturated rings. The molecule has 0 aromatic carbocycles. The Hall–Kier alpha value is -0.610. The van der Waals surface area contributed by atoms with Crippen molar-refractivity contribution in [3.05, 3.63) is 0 Å². The quantitative estimate of drug-likeness (QED) is 0.776. The lowest BCUT2D eigenvalue weighted by Gasteiger charge is -2.38. The highest BCUT2D eigenvalue weighted by Gasteiger charge is 2.35. The lowest BCUT2D eigenvalue weighted by Crippen LogP contribution is -2.51. The first-order valence-electron chi connectivity index (χ1n) is 6.65. The van der Waals surface area contributed by atoms with Gasteiger partial charge in [-0.2, -0.15) is 0 Å². The number of nitrogens with one attached hydrogen (secondary N) is 1. The van der Waals surface area contributed by atoms with E-state index >= 15 is 0 Å². The number of carbonyl (C=O) groups excluding carboxylic acids is 1. The zero-order valence-corrected chi connectivity index (χ0v) is 10.8. The molecule has 3 N–H and O–H groups in total. The second-order valence-electron chi connectivity index (χ2n) is 6.18. The lowest BCUT2D eigenvalue weighted by molar-refractivity contribution is -0.128. The van der Waals surface area contributed by atoms with E-state index < -0.39 is 0 Å². The first kappa shape index (κ1) is 12.8. The van der Waals surface area contributed by atoms with Crippen LogP contribution >= 0.6 is 0 Å². The van der Waals surface area contributed by atoms with Gasteiger partial charge in [0.05, 0.1) is 13.2 Å². The molecule has 1 saturated heterocycles. The van der Waals surface area contributed by atoms with Crippen LogP contribution in [0.25, 0.3) is 0 Å². The second kappa shape index (κ2) is 4.94. The van der Waals surface area contributed by atoms with Crippen molar-refractivity contribution in [2.75, 3.05) is 19.8 Å². The maximum atomic E-state index is 11.9. The van der Waals surface area contributed by atoms with Gasteiger partial charge in [0.25, 0.3) is 0 Å². The molecule has 0 bridgehead atoms. The van der Waals surface area contributed by atoms with Gasteiger partial charge in [-0.05, 0) is 12.8 Å². The molecule has 4 heteroatoms. The van der Waals surface area contributed by atoms with Crippen LogP contribution in [0.3, 0.4) is 0 Å². The van der Waals surface area contributed by atoms with Gasteiger partial charge in [-0.1, -0.05) is 26.2 Å². The summed E-state index contributed by atoms with van der Waals surface area (Å²) in [4.78, 5) is 11.9. The van der Waals surface area contributed by atoms with Gasteiger partial charge in [0.1, 0.15) is 0 Å². The monoisotopic (exact) mass is 240 g/mol. The van der Waals surface area contributed by atoms with Crippen molar-refractivity contribution < 1.29 is 9.53 Å². The number of hydrogen-bond acceptors (Lipinski definition) is 3. The summed E-state index contributed by atoms with van der Waals surface area (Å²) in [7, 11) is 0. The third kappa shape index (κ3) is 3.42. The van der Waals surface area contributed by atoms with Gasteiger partial charge in [0.15, 0.2) is 0 Å². The van der Waals surface area contributed by atoms with Gasteiger partial charge >= 0.3 is 0 Å². The summed E-state index contributed by atoms with van der Waals surface area (Å²) in [6.07, 6.45) is 6.03. The molecule has 0 atom stereocenters. The van der Waals surface area contributed by atoms with E-state index in [0.717, 1.165) is 38.9 Å². The summed E-state index contributed by atoms with van der Waals surface area (Å²) >= 11 is 0. The Morgan fingerprint density at radius 2 is 1.94 bits per heavy atom. The molecule has 17 heavy (non-hydrogen) atoms. The Bertz CT molecular complexity index is 281. The zero-order valence-electron chi connectivity index (χ0n) is 10.8. The van der Waals surface area contributed by atoms with Crippen molar-refractivity contribution in [2.45, 2.75) is 51.0 Å². The van der Waals surface area contributed by atoms with Crippen LogP contribution in [0.15, 0.2) is 0 Å². The molecule has 1 aliphatic heterocycles. The van der Waals surface area contributed by atoms with Crippen molar-refractivity contribution in [2.24, 2.45) is 11.1 Å². The molecular formula is C13H24N2O2. The van der Waals surface area contributed by atoms with E-state index in [1.54, 1.807) is 0 Å². The molecule has 1 aliphatic carbocycles. The fourth-order valence-corrected chi connectivity index (χ4v) is 2.68. The standard InChI is InChI=1S/C13H24N2O2/c1-12(9-17-10-12)8-15-11(16)7-13(14)5-3-2-4-6-13/h2-10,14H2,1H3,(H,15,16). The molecule has 2 aliphatic rings. The molecule has 0 aromatic heterocycles. The Morgan fingerprint density at radius 1 is 1.29 bits per heavy atom. The van der Waals surface area contributed by atoms with Crippen LogP contribution in [0.2, 0.25) is 0 Å². The van der Waals surface area contributed by atoms with Crippen molar-refractivity contribution in [3.63, 3.8) is 0 Å². The Morgan fingerprint density at radius 3 is 2.47 bits per heavy atom. The van der Waals surface area contributed by atoms with Gasteiger partial charge in [-0.25, -0.2) is 0 Å². The summed E-state index contributed by atoms with van der Waals surface area (Å²) in [6, 6.07) is 0. The Labute approximate surface area is 103 Å². The van der Waals surface area contributed by atoms with E-state index in [9.17, 15) is 4.79 Å². The largest absolute Gasteiger partial charge is 0.380 e. The van der Waals surface area contributed by atoms with E-state index in [1.165, 1.54) is 6.42 Å². The molecule has 0 radical (unpaired) electrons. The summed E-state index contributed by atoms with van der Waals surface area (Å²) in [5.74, 6) is 0.0996. The molecule has 2 rings (SSSR count). The fraction of sp³-hybridized carbons (Fsp3) is 0.923. The molecule has 1 heterocycles. The van der Waals surface area contributed by atoms with E-state index in [2.05, 4.69) is 12.2 Å². The number of carbonyl (C=O) groups is 1. The first-order chi connectivity index (χ1) is 8.02. The van der Waals surface area contributed by atoms with E-state index in [-0.39, 0.29) is 16.9 Å². The minimum absolute atomic E-state index is 0.0996. The number of ether oxygens (including phenoxy) is 1. The van der Waals surface area contributed by atoms with Crippen LogP contribution in [0.5, 0.6) is 0 Å². The Kier molecular flexibility index (Phi) is 3.73. The SMILES string of the molecule is CC1(CNC(=O)CC2(N)CCCCC2)COC1. The minimum atomic E-state index is -0.251. The van der Waals surface area contributed by atoms with Crippen LogP contribution in [0.1, 0.15) is 45.4 Å². The van der Waals surface area contributed by atoms with Crippen LogP contribution in [0.4, 0.5) is 0 Å². The minimum Gasteiger partial charge on any atom is -0.380 e. The highest BCUT2D eigenvalue weighted by atomic mass is 16.5. The average molecular weight is 240 g/mol. The predicted molar refractivity (Wildman–Crippen MR) is 66.6 cm³/mol. The smallest absolute Gasteiger partial charge is 0.221 e. The molecule has 4 nitrogen and oxygen atoms in total. The average Bonchev–Trinajstić information content (AvgIpc) is 2.24. The van der Waals surface area contributed by atoms with Crippen molar-refractivity contribution in [1.29, 1.82) is 0 Å². The first-order valence-corrected chi connectivity index (χ1v) is 6.65. The lowest BCUT2D eigenvalue weighted by atomic mass is 9.80. The van der Waals surface area contributed by atoms with E-state index in [1.807, 2.05) is 0 Å². The fourth-order valence-electron chi connectivity index (χ4n) is 2.68. The molecule has 0 unspecified atom stereocenters. The number of amides is 1. The maximum absolute atomic E-state index is 11.9. The molecule has 1 amide bonds. The summed E-state index contributed by atoms with van der Waals surface area (Å²) < 4.78 is 5.16. The molecule has 98 valence electrons. The van der Waals surface area contributed by atoms with Crippen LogP contribution < -0.4 is 11.1 Å². The summed E-state index contributed by atoms with van der Waals surface area (Å²) in [5, 5.41) is 3.00. The molecule has 0 spiro atoms. The van der Waals surface area contributed by atoms with Crippen LogP contribution in [0, 0.1) is 5.41 Å². The van der Waals surface area contributed by atoms with Gasteiger partial charge in [0, 0.05) is 23.9 Å².